The molecule has 0 unspecified atom stereocenters. The second kappa shape index (κ2) is 4.49. The van der Waals surface area contributed by atoms with Crippen LogP contribution in [0.4, 0.5) is 0 Å². The average Bonchev–Trinajstić information content (AvgIpc) is 3.07. The summed E-state index contributed by atoms with van der Waals surface area (Å²) in [5.74, 6) is 0.276. The first-order valence-corrected chi connectivity index (χ1v) is 6.14. The maximum atomic E-state index is 8.44. The summed E-state index contributed by atoms with van der Waals surface area (Å²) in [6.07, 6.45) is -0.0170. The Hall–Kier alpha value is -2.61. The molecule has 4 rings (SSSR count). The zero-order chi connectivity index (χ0) is 19.5. The highest BCUT2D eigenvalue weighted by molar-refractivity contribution is 5.83. The van der Waals surface area contributed by atoms with E-state index in [1.54, 1.807) is 18.2 Å². The van der Waals surface area contributed by atoms with Crippen LogP contribution in [0.2, 0.25) is 0 Å². The van der Waals surface area contributed by atoms with Gasteiger partial charge in [0.05, 0.1) is 9.60 Å². The third-order valence-electron chi connectivity index (χ3n) is 2.97. The molecule has 3 aromatic carbocycles. The summed E-state index contributed by atoms with van der Waals surface area (Å²) < 4.78 is 62.3. The molecule has 96 valence electrons. The molecule has 0 aliphatic carbocycles. The molecule has 0 bridgehead atoms. The lowest BCUT2D eigenvalue weighted by molar-refractivity contribution is 0.544. The predicted molar refractivity (Wildman–Crippen MR) is 80.8 cm³/mol. The van der Waals surface area contributed by atoms with Crippen LogP contribution in [-0.2, 0) is 6.42 Å². The summed E-state index contributed by atoms with van der Waals surface area (Å²) in [4.78, 5) is 4.33. The lowest BCUT2D eigenvalue weighted by atomic mass is 10.1. The van der Waals surface area contributed by atoms with Crippen LogP contribution < -0.4 is 0 Å². The molecule has 0 aliphatic rings. The molecular weight excluding hydrogens is 246 g/mol. The van der Waals surface area contributed by atoms with Crippen LogP contribution in [0.5, 0.6) is 0 Å². The monoisotopic (exact) mass is 266 g/mol. The van der Waals surface area contributed by atoms with Gasteiger partial charge in [0.1, 0.15) is 5.52 Å². The molecule has 0 fully saturated rings. The summed E-state index contributed by atoms with van der Waals surface area (Å²) in [7, 11) is 0. The maximum absolute atomic E-state index is 8.44. The van der Waals surface area contributed by atoms with E-state index in [0.717, 1.165) is 0 Å². The Balaban J connectivity index is 1.98. The van der Waals surface area contributed by atoms with Gasteiger partial charge in [-0.2, -0.15) is 0 Å². The predicted octanol–water partition coefficient (Wildman–Crippen LogP) is 4.57. The van der Waals surface area contributed by atoms with Crippen molar-refractivity contribution in [1.29, 1.82) is 0 Å². The Morgan fingerprint density at radius 1 is 1.00 bits per heavy atom. The molecule has 0 saturated heterocycles. The molecule has 0 spiro atoms. The van der Waals surface area contributed by atoms with Crippen molar-refractivity contribution < 1.29 is 14.0 Å². The number of benzene rings is 3. The van der Waals surface area contributed by atoms with Crippen LogP contribution in [0.15, 0.2) is 71.0 Å². The Morgan fingerprint density at radius 2 is 1.85 bits per heavy atom. The summed E-state index contributed by atoms with van der Waals surface area (Å²) >= 11 is 0. The molecule has 0 aliphatic heterocycles. The Morgan fingerprint density at radius 3 is 2.75 bits per heavy atom. The van der Waals surface area contributed by atoms with E-state index in [0.29, 0.717) is 11.1 Å². The zero-order valence-electron chi connectivity index (χ0n) is 17.4. The average molecular weight is 266 g/mol. The number of para-hydroxylation sites is 2. The maximum Gasteiger partial charge on any atom is 0.199 e. The van der Waals surface area contributed by atoms with Crippen molar-refractivity contribution in [3.63, 3.8) is 0 Å². The van der Waals surface area contributed by atoms with Gasteiger partial charge in [0.2, 0.25) is 0 Å². The van der Waals surface area contributed by atoms with Gasteiger partial charge in [0, 0.05) is 6.42 Å². The summed E-state index contributed by atoms with van der Waals surface area (Å²) in [5.41, 5.74) is 1.35. The lowest BCUT2D eigenvalue weighted by Gasteiger charge is -2.01. The molecule has 1 aromatic heterocycles. The molecule has 0 amide bonds. The third-order valence-corrected chi connectivity index (χ3v) is 2.97. The van der Waals surface area contributed by atoms with E-state index < -0.39 is 18.1 Å². The van der Waals surface area contributed by atoms with Gasteiger partial charge < -0.3 is 4.42 Å². The van der Waals surface area contributed by atoms with Crippen LogP contribution in [0, 0.1) is 0 Å². The molecule has 0 saturated carbocycles. The van der Waals surface area contributed by atoms with Crippen molar-refractivity contribution in [1.82, 2.24) is 4.98 Å². The summed E-state index contributed by atoms with van der Waals surface area (Å²) in [5, 5.41) is -0.176. The van der Waals surface area contributed by atoms with E-state index in [9.17, 15) is 0 Å². The van der Waals surface area contributed by atoms with Gasteiger partial charge in [-0.1, -0.05) is 54.4 Å². The molecular formula is C18H13NO. The van der Waals surface area contributed by atoms with Crippen LogP contribution in [-0.4, -0.2) is 4.98 Å². The zero-order valence-corrected chi connectivity index (χ0v) is 10.4. The van der Waals surface area contributed by atoms with Crippen molar-refractivity contribution in [3.05, 3.63) is 78.0 Å². The van der Waals surface area contributed by atoms with E-state index in [1.165, 1.54) is 0 Å². The lowest BCUT2D eigenvalue weighted by Crippen LogP contribution is -1.88. The minimum absolute atomic E-state index is 0.0170. The van der Waals surface area contributed by atoms with E-state index >= 15 is 0 Å². The smallest absolute Gasteiger partial charge is 0.199 e. The van der Waals surface area contributed by atoms with Gasteiger partial charge in [-0.3, -0.25) is 0 Å². The molecule has 1 heterocycles. The highest BCUT2D eigenvalue weighted by atomic mass is 16.3. The van der Waals surface area contributed by atoms with Crippen molar-refractivity contribution in [2.45, 2.75) is 6.42 Å². The largest absolute Gasteiger partial charge is 0.440 e. The van der Waals surface area contributed by atoms with Crippen molar-refractivity contribution in [2.75, 3.05) is 0 Å². The van der Waals surface area contributed by atoms with Crippen LogP contribution in [0.25, 0.3) is 21.9 Å². The second-order valence-electron chi connectivity index (χ2n) is 4.36. The third kappa shape index (κ3) is 1.95. The first-order chi connectivity index (χ1) is 12.8. The minimum atomic E-state index is -0.480. The van der Waals surface area contributed by atoms with Crippen LogP contribution >= 0.6 is 0 Å². The van der Waals surface area contributed by atoms with Gasteiger partial charge in [0.25, 0.3) is 0 Å². The number of fused-ring (bicyclic) bond motifs is 2. The van der Waals surface area contributed by atoms with Crippen LogP contribution in [0.1, 0.15) is 21.0 Å². The van der Waals surface area contributed by atoms with Gasteiger partial charge >= 0.3 is 0 Å². The first-order valence-electron chi connectivity index (χ1n) is 9.64. The fourth-order valence-electron chi connectivity index (χ4n) is 2.06. The highest BCUT2D eigenvalue weighted by Crippen LogP contribution is 2.20. The van der Waals surface area contributed by atoms with E-state index in [1.807, 2.05) is 6.07 Å². The fourth-order valence-corrected chi connectivity index (χ4v) is 2.06. The van der Waals surface area contributed by atoms with E-state index in [4.69, 9.17) is 14.0 Å². The van der Waals surface area contributed by atoms with Gasteiger partial charge in [-0.15, -0.1) is 0 Å². The summed E-state index contributed by atoms with van der Waals surface area (Å²) in [6, 6.07) is 4.60. The Kier molecular flexibility index (Phi) is 1.40. The highest BCUT2D eigenvalue weighted by Gasteiger charge is 2.06. The SMILES string of the molecule is [2H]c1c([2H])c([2H])c2c([2H])c(Cc3nc4ccccc4o3)c([2H])c([2H])c2c1[2H]. The summed E-state index contributed by atoms with van der Waals surface area (Å²) in [6.45, 7) is 0. The van der Waals surface area contributed by atoms with Gasteiger partial charge in [0.15, 0.2) is 11.5 Å². The van der Waals surface area contributed by atoms with Gasteiger partial charge in [-0.25, -0.2) is 4.98 Å². The van der Waals surface area contributed by atoms with Gasteiger partial charge in [-0.05, 0) is 28.5 Å². The van der Waals surface area contributed by atoms with Crippen LogP contribution in [0.3, 0.4) is 0 Å². The van der Waals surface area contributed by atoms with E-state index in [-0.39, 0.29) is 52.8 Å². The fraction of sp³-hybridized carbons (Fsp3) is 0.0556. The molecule has 2 nitrogen and oxygen atoms in total. The standard InChI is InChI=1S/C18H13NO/c1-2-6-15-11-13(9-10-14(15)5-1)12-18-19-16-7-3-4-8-17(16)20-18/h1-11H,12H2/i1D,2D,5D,6D,9D,10D,11D. The van der Waals surface area contributed by atoms with E-state index in [2.05, 4.69) is 4.98 Å². The number of hydrogen-bond donors (Lipinski definition) is 0. The molecule has 20 heavy (non-hydrogen) atoms. The molecule has 4 aromatic rings. The quantitative estimate of drug-likeness (QED) is 0.531. The molecule has 2 heteroatoms. The topological polar surface area (TPSA) is 26.0 Å². The molecule has 0 atom stereocenters. The number of aromatic nitrogens is 1. The normalized spacial score (nSPS) is 16.1. The Labute approximate surface area is 126 Å². The minimum Gasteiger partial charge on any atom is -0.440 e. The number of nitrogens with zero attached hydrogens (tertiary/aromatic N) is 1. The second-order valence-corrected chi connectivity index (χ2v) is 4.36. The van der Waals surface area contributed by atoms with Crippen molar-refractivity contribution in [3.8, 4) is 0 Å². The number of oxazole rings is 1. The first kappa shape index (κ1) is 6.23. The number of hydrogen-bond acceptors (Lipinski definition) is 2. The van der Waals surface area contributed by atoms with Crippen molar-refractivity contribution in [2.24, 2.45) is 0 Å². The molecule has 0 radical (unpaired) electrons. The van der Waals surface area contributed by atoms with Crippen molar-refractivity contribution >= 4 is 21.9 Å². The number of rotatable bonds is 2. The molecule has 0 N–H and O–H groups in total. The Bertz CT molecular complexity index is 1200.